The Morgan fingerprint density at radius 3 is 0.162 bits per heavy atom. The minimum Gasteiger partial charge on any atom is -1.00 e. The van der Waals surface area contributed by atoms with Crippen LogP contribution in [0.5, 0.6) is 0 Å². The van der Waals surface area contributed by atoms with Gasteiger partial charge in [-0.25, -0.2) is 0 Å². The van der Waals surface area contributed by atoms with Crippen LogP contribution in [0.4, 0.5) is 0 Å². The second kappa shape index (κ2) is 50.4. The van der Waals surface area contributed by atoms with Gasteiger partial charge in [0, 0.05) is 0 Å². The maximum Gasteiger partial charge on any atom is 2.00 e. The third-order valence-electron chi connectivity index (χ3n) is 18.3. The predicted octanol–water partition coefficient (Wildman–Crippen LogP) is 14.7. The van der Waals surface area contributed by atoms with Gasteiger partial charge in [0.05, 0.1) is 0 Å². The van der Waals surface area contributed by atoms with Crippen LogP contribution in [0, 0.1) is 0 Å². The first-order valence-electron chi connectivity index (χ1n) is 38.4. The number of benzene rings is 18. The molecule has 0 N–H and O–H groups in total. The van der Waals surface area contributed by atoms with E-state index in [0.29, 0.717) is 0 Å². The Kier molecular flexibility index (Phi) is 38.4. The van der Waals surface area contributed by atoms with Crippen LogP contribution < -0.4 is 120 Å². The largest absolute Gasteiger partial charge is 2.00 e. The molecule has 0 amide bonds. The summed E-state index contributed by atoms with van der Waals surface area (Å²) in [5, 5.41) is 25.2. The molecule has 18 rings (SSSR count). The molecule has 18 aromatic rings. The van der Waals surface area contributed by atoms with E-state index in [9.17, 15) is 0 Å². The van der Waals surface area contributed by atoms with E-state index < -0.39 is 47.5 Å². The first-order chi connectivity index (χ1) is 56.7. The van der Waals surface area contributed by atoms with E-state index in [0.717, 1.165) is 0 Å². The Morgan fingerprint density at radius 1 is 0.0769 bits per heavy atom. The van der Waals surface area contributed by atoms with E-state index in [1.807, 2.05) is 0 Å². The fourth-order valence-electron chi connectivity index (χ4n) is 13.1. The summed E-state index contributed by atoms with van der Waals surface area (Å²) in [6, 6.07) is 194. The number of hydrogen-bond donors (Lipinski definition) is 0. The normalized spacial score (nSPS) is 10.3. The van der Waals surface area contributed by atoms with Gasteiger partial charge in [0.2, 0.25) is 0 Å². The molecule has 9 heteroatoms. The van der Waals surface area contributed by atoms with Gasteiger partial charge in [0.1, 0.15) is 0 Å². The molecule has 0 aromatic heterocycles. The van der Waals surface area contributed by atoms with Crippen LogP contribution in [0.2, 0.25) is 0 Å². The SMILES string of the molecule is [Cl-].[Cl-].[Ru+2].c1ccc(P(c2ccccc2)c2ccccc2)cc1.c1ccc(P(c2ccccc2)c2ccccc2)cc1.c1ccc(P(c2ccccc2)c2ccccc2)cc1.c1ccc(P(c2ccccc2)c2ccccc2)cc1.c1ccc(P(c2ccccc2)c2ccccc2)cc1.c1ccc(P(c2ccccc2)c2ccccc2)cc1. The monoisotopic (exact) mass is 1740 g/mol. The molecule has 0 aliphatic carbocycles. The third-order valence-corrected chi connectivity index (χ3v) is 32.9. The number of halogens is 2. The molecular weight excluding hydrogens is 1660 g/mol. The Morgan fingerprint density at radius 2 is 0.120 bits per heavy atom. The Bertz CT molecular complexity index is 4080. The van der Waals surface area contributed by atoms with Crippen LogP contribution in [-0.2, 0) is 19.5 Å². The van der Waals surface area contributed by atoms with Gasteiger partial charge >= 0.3 is 19.5 Å². The van der Waals surface area contributed by atoms with E-state index in [4.69, 9.17) is 0 Å². The summed E-state index contributed by atoms with van der Waals surface area (Å²) in [5.74, 6) is 0. The topological polar surface area (TPSA) is 0 Å². The standard InChI is InChI=1S/6C18H15P.2ClH.Ru/c6*1-4-10-16(11-5-1)19(17-12-6-2-7-13-17)18-14-8-3-9-15-18;;;/h6*1-15H;2*1H;/q;;;;;;;;+2/p-2. The van der Waals surface area contributed by atoms with Crippen LogP contribution in [0.25, 0.3) is 0 Å². The van der Waals surface area contributed by atoms with E-state index in [-0.39, 0.29) is 44.3 Å². The van der Waals surface area contributed by atoms with Gasteiger partial charge in [-0.05, 0) is 143 Å². The summed E-state index contributed by atoms with van der Waals surface area (Å²) in [5.41, 5.74) is 0. The van der Waals surface area contributed by atoms with E-state index in [1.54, 1.807) is 0 Å². The van der Waals surface area contributed by atoms with Gasteiger partial charge < -0.3 is 24.8 Å². The molecule has 18 aromatic carbocycles. The molecule has 117 heavy (non-hydrogen) atoms. The van der Waals surface area contributed by atoms with Crippen molar-refractivity contribution in [2.75, 3.05) is 0 Å². The zero-order valence-corrected chi connectivity index (χ0v) is 73.4. The molecular formula is C108H90Cl2P6Ru. The average molecular weight is 1750 g/mol. The molecule has 0 radical (unpaired) electrons. The maximum atomic E-state index is 2.23. The Balaban J connectivity index is 0.000000147. The average Bonchev–Trinajstić information content (AvgIpc) is 0.854. The minimum atomic E-state index is -0.446. The molecule has 0 saturated heterocycles. The molecule has 0 aliphatic rings. The second-order valence-corrected chi connectivity index (χ2v) is 39.4. The van der Waals surface area contributed by atoms with Crippen LogP contribution in [0.1, 0.15) is 0 Å². The maximum absolute atomic E-state index is 2.23. The van der Waals surface area contributed by atoms with Crippen molar-refractivity contribution in [2.24, 2.45) is 0 Å². The first kappa shape index (κ1) is 89.1. The quantitative estimate of drug-likeness (QED) is 0.0593. The fourth-order valence-corrected chi connectivity index (χ4v) is 26.9. The summed E-state index contributed by atoms with van der Waals surface area (Å²) in [6.07, 6.45) is 0. The van der Waals surface area contributed by atoms with Gasteiger partial charge in [0.25, 0.3) is 0 Å². The Labute approximate surface area is 727 Å². The summed E-state index contributed by atoms with van der Waals surface area (Å²) in [6.45, 7) is 0. The van der Waals surface area contributed by atoms with Crippen LogP contribution in [0.15, 0.2) is 546 Å². The van der Waals surface area contributed by atoms with Crippen molar-refractivity contribution in [3.8, 4) is 0 Å². The minimum absolute atomic E-state index is 0. The fraction of sp³-hybridized carbons (Fsp3) is 0. The van der Waals surface area contributed by atoms with Crippen molar-refractivity contribution in [1.29, 1.82) is 0 Å². The van der Waals surface area contributed by atoms with Crippen molar-refractivity contribution in [3.05, 3.63) is 546 Å². The molecule has 0 fully saturated rings. The third kappa shape index (κ3) is 26.9. The molecule has 0 unspecified atom stereocenters. The second-order valence-electron chi connectivity index (χ2n) is 26.1. The Hall–Kier alpha value is -10.3. The van der Waals surface area contributed by atoms with Crippen molar-refractivity contribution in [3.63, 3.8) is 0 Å². The van der Waals surface area contributed by atoms with E-state index in [1.165, 1.54) is 95.5 Å². The first-order valence-corrected chi connectivity index (χ1v) is 46.5. The van der Waals surface area contributed by atoms with Crippen molar-refractivity contribution < 1.29 is 44.3 Å². The van der Waals surface area contributed by atoms with Gasteiger partial charge in [-0.2, -0.15) is 0 Å². The molecule has 0 aliphatic heterocycles. The molecule has 0 atom stereocenters. The van der Waals surface area contributed by atoms with Gasteiger partial charge in [0.15, 0.2) is 0 Å². The number of rotatable bonds is 18. The summed E-state index contributed by atoms with van der Waals surface area (Å²) < 4.78 is 0. The van der Waals surface area contributed by atoms with Crippen molar-refractivity contribution in [1.82, 2.24) is 0 Å². The van der Waals surface area contributed by atoms with Gasteiger partial charge in [-0.3, -0.25) is 0 Å². The van der Waals surface area contributed by atoms with Crippen LogP contribution >= 0.6 is 47.5 Å². The van der Waals surface area contributed by atoms with Crippen LogP contribution in [0.3, 0.4) is 0 Å². The van der Waals surface area contributed by atoms with Crippen molar-refractivity contribution in [2.45, 2.75) is 0 Å². The van der Waals surface area contributed by atoms with Gasteiger partial charge in [-0.1, -0.05) is 546 Å². The zero-order valence-electron chi connectivity index (χ0n) is 64.8. The van der Waals surface area contributed by atoms with Crippen molar-refractivity contribution >= 4 is 143 Å². The van der Waals surface area contributed by atoms with E-state index in [2.05, 4.69) is 546 Å². The van der Waals surface area contributed by atoms with Crippen LogP contribution in [-0.4, -0.2) is 0 Å². The summed E-state index contributed by atoms with van der Waals surface area (Å²) in [7, 11) is -2.68. The molecule has 574 valence electrons. The zero-order chi connectivity index (χ0) is 77.5. The van der Waals surface area contributed by atoms with Gasteiger partial charge in [-0.15, -0.1) is 0 Å². The molecule has 0 bridgehead atoms. The molecule has 0 nitrogen and oxygen atoms in total. The molecule has 0 saturated carbocycles. The molecule has 0 spiro atoms. The summed E-state index contributed by atoms with van der Waals surface area (Å²) >= 11 is 0. The molecule has 0 heterocycles. The summed E-state index contributed by atoms with van der Waals surface area (Å²) in [4.78, 5) is 0. The predicted molar refractivity (Wildman–Crippen MR) is 511 cm³/mol. The number of hydrogen-bond acceptors (Lipinski definition) is 0. The smallest absolute Gasteiger partial charge is 1.00 e. The van der Waals surface area contributed by atoms with E-state index >= 15 is 0 Å².